The molecule has 0 radical (unpaired) electrons. The van der Waals surface area contributed by atoms with Crippen LogP contribution in [0, 0.1) is 6.92 Å². The Morgan fingerprint density at radius 3 is 2.76 bits per heavy atom. The van der Waals surface area contributed by atoms with Crippen LogP contribution in [-0.4, -0.2) is 29.3 Å². The molecule has 2 aromatic rings. The molecule has 2 aliphatic rings. The van der Waals surface area contributed by atoms with Gasteiger partial charge in [-0.15, -0.1) is 0 Å². The van der Waals surface area contributed by atoms with E-state index in [-0.39, 0.29) is 5.41 Å². The van der Waals surface area contributed by atoms with Crippen LogP contribution in [0.2, 0.25) is 0 Å². The molecule has 1 aromatic carbocycles. The normalized spacial score (nSPS) is 21.8. The van der Waals surface area contributed by atoms with Crippen LogP contribution in [0.15, 0.2) is 18.2 Å². The van der Waals surface area contributed by atoms with Crippen molar-refractivity contribution in [1.29, 1.82) is 0 Å². The minimum atomic E-state index is -0.00619. The second-order valence-electron chi connectivity index (χ2n) is 6.63. The zero-order chi connectivity index (χ0) is 14.4. The third-order valence-electron chi connectivity index (χ3n) is 5.07. The second kappa shape index (κ2) is 4.82. The van der Waals surface area contributed by atoms with Crippen LogP contribution < -0.4 is 5.73 Å². The van der Waals surface area contributed by atoms with Crippen LogP contribution in [0.3, 0.4) is 0 Å². The predicted molar refractivity (Wildman–Crippen MR) is 83.5 cm³/mol. The summed E-state index contributed by atoms with van der Waals surface area (Å²) in [6, 6.07) is 7.23. The molecule has 4 nitrogen and oxygen atoms in total. The highest BCUT2D eigenvalue weighted by atomic mass is 16.5. The third-order valence-corrected chi connectivity index (χ3v) is 5.07. The van der Waals surface area contributed by atoms with Gasteiger partial charge < -0.3 is 15.0 Å². The zero-order valence-corrected chi connectivity index (χ0v) is 12.6. The maximum atomic E-state index is 6.20. The highest BCUT2D eigenvalue weighted by Gasteiger charge is 2.40. The molecule has 1 aliphatic heterocycles. The van der Waals surface area contributed by atoms with Crippen LogP contribution in [-0.2, 0) is 10.2 Å². The van der Waals surface area contributed by atoms with Crippen molar-refractivity contribution in [2.75, 3.05) is 19.8 Å². The van der Waals surface area contributed by atoms with Gasteiger partial charge in [0.1, 0.15) is 5.82 Å². The van der Waals surface area contributed by atoms with E-state index in [4.69, 9.17) is 15.5 Å². The molecule has 4 rings (SSSR count). The fourth-order valence-electron chi connectivity index (χ4n) is 3.57. The monoisotopic (exact) mass is 285 g/mol. The van der Waals surface area contributed by atoms with Crippen molar-refractivity contribution in [3.63, 3.8) is 0 Å². The quantitative estimate of drug-likeness (QED) is 0.943. The Morgan fingerprint density at radius 1 is 1.33 bits per heavy atom. The van der Waals surface area contributed by atoms with E-state index in [0.29, 0.717) is 12.6 Å². The lowest BCUT2D eigenvalue weighted by atomic mass is 9.79. The Kier molecular flexibility index (Phi) is 3.05. The standard InChI is InChI=1S/C17H23N3O/c1-12-2-5-15-14(10-12)19-16(20(15)13-3-4-13)17(11-18)6-8-21-9-7-17/h2,5,10,13H,3-4,6-9,11,18H2,1H3. The molecule has 2 N–H and O–H groups in total. The van der Waals surface area contributed by atoms with E-state index in [1.54, 1.807) is 0 Å². The van der Waals surface area contributed by atoms with Gasteiger partial charge in [-0.1, -0.05) is 6.07 Å². The lowest BCUT2D eigenvalue weighted by molar-refractivity contribution is 0.0488. The highest BCUT2D eigenvalue weighted by molar-refractivity contribution is 5.77. The van der Waals surface area contributed by atoms with Crippen molar-refractivity contribution in [3.8, 4) is 0 Å². The van der Waals surface area contributed by atoms with E-state index in [1.165, 1.54) is 29.7 Å². The highest BCUT2D eigenvalue weighted by Crippen LogP contribution is 2.43. The van der Waals surface area contributed by atoms with Crippen molar-refractivity contribution in [2.45, 2.75) is 44.1 Å². The van der Waals surface area contributed by atoms with Crippen molar-refractivity contribution >= 4 is 11.0 Å². The maximum Gasteiger partial charge on any atom is 0.117 e. The number of hydrogen-bond donors (Lipinski definition) is 1. The Morgan fingerprint density at radius 2 is 2.10 bits per heavy atom. The Hall–Kier alpha value is -1.39. The van der Waals surface area contributed by atoms with E-state index in [2.05, 4.69) is 29.7 Å². The van der Waals surface area contributed by atoms with Crippen LogP contribution in [0.5, 0.6) is 0 Å². The molecule has 0 atom stereocenters. The number of hydrogen-bond acceptors (Lipinski definition) is 3. The van der Waals surface area contributed by atoms with Gasteiger partial charge in [0.15, 0.2) is 0 Å². The molecule has 0 amide bonds. The lowest BCUT2D eigenvalue weighted by Crippen LogP contribution is -2.42. The molecule has 0 bridgehead atoms. The van der Waals surface area contributed by atoms with Gasteiger partial charge in [0, 0.05) is 31.2 Å². The smallest absolute Gasteiger partial charge is 0.117 e. The summed E-state index contributed by atoms with van der Waals surface area (Å²) >= 11 is 0. The Balaban J connectivity index is 1.92. The largest absolute Gasteiger partial charge is 0.381 e. The first-order chi connectivity index (χ1) is 10.2. The lowest BCUT2D eigenvalue weighted by Gasteiger charge is -2.36. The predicted octanol–water partition coefficient (Wildman–Crippen LogP) is 2.69. The molecule has 2 fully saturated rings. The number of aryl methyl sites for hydroxylation is 1. The van der Waals surface area contributed by atoms with Gasteiger partial charge in [-0.2, -0.15) is 0 Å². The molecule has 21 heavy (non-hydrogen) atoms. The molecule has 4 heteroatoms. The molecule has 1 aliphatic carbocycles. The molecule has 1 saturated heterocycles. The Bertz CT molecular complexity index is 666. The first-order valence-electron chi connectivity index (χ1n) is 8.00. The second-order valence-corrected chi connectivity index (χ2v) is 6.63. The SMILES string of the molecule is Cc1ccc2c(c1)nc(C1(CN)CCOCC1)n2C1CC1. The first kappa shape index (κ1) is 13.3. The van der Waals surface area contributed by atoms with Gasteiger partial charge in [-0.3, -0.25) is 0 Å². The molecule has 0 unspecified atom stereocenters. The third kappa shape index (κ3) is 2.09. The summed E-state index contributed by atoms with van der Waals surface area (Å²) in [6.07, 6.45) is 4.50. The molecular formula is C17H23N3O. The number of nitrogens with zero attached hydrogens (tertiary/aromatic N) is 2. The minimum absolute atomic E-state index is 0.00619. The number of rotatable bonds is 3. The van der Waals surface area contributed by atoms with E-state index in [0.717, 1.165) is 31.6 Å². The number of fused-ring (bicyclic) bond motifs is 1. The average molecular weight is 285 g/mol. The maximum absolute atomic E-state index is 6.20. The molecule has 1 aromatic heterocycles. The number of nitrogens with two attached hydrogens (primary N) is 1. The number of aromatic nitrogens is 2. The molecular weight excluding hydrogens is 262 g/mol. The van der Waals surface area contributed by atoms with Crippen molar-refractivity contribution in [1.82, 2.24) is 9.55 Å². The van der Waals surface area contributed by atoms with Gasteiger partial charge in [-0.05, 0) is 50.3 Å². The van der Waals surface area contributed by atoms with Gasteiger partial charge >= 0.3 is 0 Å². The molecule has 1 saturated carbocycles. The van der Waals surface area contributed by atoms with E-state index in [9.17, 15) is 0 Å². The van der Waals surface area contributed by atoms with Crippen molar-refractivity contribution < 1.29 is 4.74 Å². The van der Waals surface area contributed by atoms with Crippen LogP contribution in [0.1, 0.15) is 43.1 Å². The summed E-state index contributed by atoms with van der Waals surface area (Å²) < 4.78 is 8.04. The van der Waals surface area contributed by atoms with Gasteiger partial charge in [0.2, 0.25) is 0 Å². The summed E-state index contributed by atoms with van der Waals surface area (Å²) in [5.41, 5.74) is 9.86. The van der Waals surface area contributed by atoms with Crippen LogP contribution >= 0.6 is 0 Å². The summed E-state index contributed by atoms with van der Waals surface area (Å²) in [5.74, 6) is 1.21. The minimum Gasteiger partial charge on any atom is -0.381 e. The molecule has 2 heterocycles. The first-order valence-corrected chi connectivity index (χ1v) is 8.00. The average Bonchev–Trinajstić information content (AvgIpc) is 3.28. The van der Waals surface area contributed by atoms with Gasteiger partial charge in [-0.25, -0.2) is 4.98 Å². The van der Waals surface area contributed by atoms with Crippen LogP contribution in [0.25, 0.3) is 11.0 Å². The number of imidazole rings is 1. The zero-order valence-electron chi connectivity index (χ0n) is 12.6. The summed E-state index contributed by atoms with van der Waals surface area (Å²) in [4.78, 5) is 5.03. The fraction of sp³-hybridized carbons (Fsp3) is 0.588. The summed E-state index contributed by atoms with van der Waals surface area (Å²) in [5, 5.41) is 0. The van der Waals surface area contributed by atoms with Crippen LogP contribution in [0.4, 0.5) is 0 Å². The fourth-order valence-corrected chi connectivity index (χ4v) is 3.57. The van der Waals surface area contributed by atoms with Gasteiger partial charge in [0.25, 0.3) is 0 Å². The van der Waals surface area contributed by atoms with Crippen molar-refractivity contribution in [2.24, 2.45) is 5.73 Å². The number of ether oxygens (including phenoxy) is 1. The summed E-state index contributed by atoms with van der Waals surface area (Å²) in [7, 11) is 0. The number of benzene rings is 1. The van der Waals surface area contributed by atoms with Gasteiger partial charge in [0.05, 0.1) is 11.0 Å². The summed E-state index contributed by atoms with van der Waals surface area (Å²) in [6.45, 7) is 4.38. The molecule has 0 spiro atoms. The molecule has 112 valence electrons. The topological polar surface area (TPSA) is 53.1 Å². The van der Waals surface area contributed by atoms with E-state index < -0.39 is 0 Å². The van der Waals surface area contributed by atoms with E-state index in [1.807, 2.05) is 0 Å². The van der Waals surface area contributed by atoms with Crippen molar-refractivity contribution in [3.05, 3.63) is 29.6 Å². The van der Waals surface area contributed by atoms with E-state index >= 15 is 0 Å². The Labute approximate surface area is 125 Å².